The quantitative estimate of drug-likeness (QED) is 0.887. The molecule has 5 nitrogen and oxygen atoms in total. The van der Waals surface area contributed by atoms with Gasteiger partial charge in [0.1, 0.15) is 0 Å². The number of urea groups is 1. The Kier molecular flexibility index (Phi) is 5.42. The van der Waals surface area contributed by atoms with E-state index in [1.54, 1.807) is 0 Å². The van der Waals surface area contributed by atoms with Crippen LogP contribution in [0.25, 0.3) is 0 Å². The fourth-order valence-electron chi connectivity index (χ4n) is 2.83. The molecule has 0 aliphatic carbocycles. The standard InChI is InChI=1S/C18H26N4O/c1-6-22-15(5)16(14(4)21-22)9-10-19-18(23)20-17-8-7-12(2)11-13(17)3/h7-8,11H,6,9-10H2,1-5H3,(H2,19,20,23). The average Bonchev–Trinajstić information content (AvgIpc) is 2.77. The molecule has 0 spiro atoms. The number of carbonyl (C=O) groups excluding carboxylic acids is 1. The first-order valence-corrected chi connectivity index (χ1v) is 8.07. The maximum Gasteiger partial charge on any atom is 0.319 e. The summed E-state index contributed by atoms with van der Waals surface area (Å²) >= 11 is 0. The number of nitrogens with one attached hydrogen (secondary N) is 2. The van der Waals surface area contributed by atoms with Crippen molar-refractivity contribution in [2.75, 3.05) is 11.9 Å². The van der Waals surface area contributed by atoms with Gasteiger partial charge in [-0.15, -0.1) is 0 Å². The Bertz CT molecular complexity index is 703. The van der Waals surface area contributed by atoms with E-state index in [1.807, 2.05) is 37.6 Å². The summed E-state index contributed by atoms with van der Waals surface area (Å²) in [5, 5.41) is 10.3. The Morgan fingerprint density at radius 2 is 1.96 bits per heavy atom. The lowest BCUT2D eigenvalue weighted by molar-refractivity contribution is 0.252. The average molecular weight is 314 g/mol. The summed E-state index contributed by atoms with van der Waals surface area (Å²) in [4.78, 5) is 12.0. The molecule has 5 heteroatoms. The highest BCUT2D eigenvalue weighted by Crippen LogP contribution is 2.16. The van der Waals surface area contributed by atoms with Gasteiger partial charge in [0.2, 0.25) is 0 Å². The molecule has 2 N–H and O–H groups in total. The minimum atomic E-state index is -0.171. The predicted molar refractivity (Wildman–Crippen MR) is 94.0 cm³/mol. The number of aromatic nitrogens is 2. The second-order valence-electron chi connectivity index (χ2n) is 5.91. The third-order valence-corrected chi connectivity index (χ3v) is 4.12. The van der Waals surface area contributed by atoms with Gasteiger partial charge in [0.05, 0.1) is 5.69 Å². The highest BCUT2D eigenvalue weighted by Gasteiger charge is 2.11. The van der Waals surface area contributed by atoms with Crippen LogP contribution in [-0.4, -0.2) is 22.4 Å². The van der Waals surface area contributed by atoms with E-state index in [1.165, 1.54) is 16.8 Å². The molecule has 23 heavy (non-hydrogen) atoms. The Hall–Kier alpha value is -2.30. The number of rotatable bonds is 5. The smallest absolute Gasteiger partial charge is 0.319 e. The minimum absolute atomic E-state index is 0.171. The van der Waals surface area contributed by atoms with Crippen LogP contribution in [-0.2, 0) is 13.0 Å². The zero-order valence-corrected chi connectivity index (χ0v) is 14.7. The van der Waals surface area contributed by atoms with Gasteiger partial charge >= 0.3 is 6.03 Å². The number of amides is 2. The van der Waals surface area contributed by atoms with Crippen LogP contribution in [0.15, 0.2) is 18.2 Å². The molecule has 124 valence electrons. The minimum Gasteiger partial charge on any atom is -0.338 e. The van der Waals surface area contributed by atoms with Crippen LogP contribution in [0.5, 0.6) is 0 Å². The van der Waals surface area contributed by atoms with Gasteiger partial charge in [-0.2, -0.15) is 5.10 Å². The largest absolute Gasteiger partial charge is 0.338 e. The Morgan fingerprint density at radius 3 is 2.57 bits per heavy atom. The number of hydrogen-bond donors (Lipinski definition) is 2. The monoisotopic (exact) mass is 314 g/mol. The molecule has 0 fully saturated rings. The molecular formula is C18H26N4O. The van der Waals surface area contributed by atoms with Crippen molar-refractivity contribution < 1.29 is 4.79 Å². The van der Waals surface area contributed by atoms with Crippen LogP contribution in [0.2, 0.25) is 0 Å². The summed E-state index contributed by atoms with van der Waals surface area (Å²) in [6, 6.07) is 5.81. The maximum absolute atomic E-state index is 12.0. The number of hydrogen-bond acceptors (Lipinski definition) is 2. The number of carbonyl (C=O) groups is 1. The van der Waals surface area contributed by atoms with Gasteiger partial charge < -0.3 is 10.6 Å². The fourth-order valence-corrected chi connectivity index (χ4v) is 2.83. The molecule has 0 radical (unpaired) electrons. The Balaban J connectivity index is 1.89. The predicted octanol–water partition coefficient (Wildman–Crippen LogP) is 3.50. The van der Waals surface area contributed by atoms with E-state index in [0.717, 1.165) is 29.9 Å². The molecule has 0 saturated carbocycles. The highest BCUT2D eigenvalue weighted by molar-refractivity contribution is 5.90. The van der Waals surface area contributed by atoms with Crippen molar-refractivity contribution in [1.82, 2.24) is 15.1 Å². The summed E-state index contributed by atoms with van der Waals surface area (Å²) in [6.07, 6.45) is 0.790. The summed E-state index contributed by atoms with van der Waals surface area (Å²) in [5.74, 6) is 0. The van der Waals surface area contributed by atoms with Gasteiger partial charge in [-0.25, -0.2) is 4.79 Å². The Morgan fingerprint density at radius 1 is 1.22 bits per heavy atom. The zero-order chi connectivity index (χ0) is 17.0. The van der Waals surface area contributed by atoms with E-state index >= 15 is 0 Å². The zero-order valence-electron chi connectivity index (χ0n) is 14.7. The molecule has 2 aromatic rings. The van der Waals surface area contributed by atoms with Gasteiger partial charge in [0.25, 0.3) is 0 Å². The third-order valence-electron chi connectivity index (χ3n) is 4.12. The van der Waals surface area contributed by atoms with Crippen LogP contribution >= 0.6 is 0 Å². The van der Waals surface area contributed by atoms with E-state index in [0.29, 0.717) is 6.54 Å². The van der Waals surface area contributed by atoms with Crippen LogP contribution in [0, 0.1) is 27.7 Å². The van der Waals surface area contributed by atoms with Crippen LogP contribution < -0.4 is 10.6 Å². The van der Waals surface area contributed by atoms with Crippen LogP contribution in [0.4, 0.5) is 10.5 Å². The molecule has 0 saturated heterocycles. The lowest BCUT2D eigenvalue weighted by Gasteiger charge is -2.10. The van der Waals surface area contributed by atoms with Crippen molar-refractivity contribution in [2.24, 2.45) is 0 Å². The topological polar surface area (TPSA) is 59.0 Å². The maximum atomic E-state index is 12.0. The summed E-state index contributed by atoms with van der Waals surface area (Å²) < 4.78 is 2.00. The number of anilines is 1. The van der Waals surface area contributed by atoms with E-state index in [-0.39, 0.29) is 6.03 Å². The Labute approximate surface area is 138 Å². The first-order valence-electron chi connectivity index (χ1n) is 8.07. The normalized spacial score (nSPS) is 10.7. The van der Waals surface area contributed by atoms with E-state index in [9.17, 15) is 4.79 Å². The molecule has 2 amide bonds. The number of benzene rings is 1. The summed E-state index contributed by atoms with van der Waals surface area (Å²) in [7, 11) is 0. The van der Waals surface area contributed by atoms with Gasteiger partial charge in [-0.05, 0) is 58.2 Å². The molecular weight excluding hydrogens is 288 g/mol. The van der Waals surface area contributed by atoms with Crippen molar-refractivity contribution in [3.8, 4) is 0 Å². The van der Waals surface area contributed by atoms with Crippen molar-refractivity contribution in [2.45, 2.75) is 47.6 Å². The van der Waals surface area contributed by atoms with Crippen molar-refractivity contribution in [1.29, 1.82) is 0 Å². The molecule has 1 heterocycles. The van der Waals surface area contributed by atoms with Crippen LogP contribution in [0.3, 0.4) is 0 Å². The molecule has 0 aliphatic heterocycles. The molecule has 0 unspecified atom stereocenters. The first kappa shape index (κ1) is 17.1. The molecule has 2 rings (SSSR count). The highest BCUT2D eigenvalue weighted by atomic mass is 16.2. The molecule has 0 atom stereocenters. The first-order chi connectivity index (χ1) is 10.9. The van der Waals surface area contributed by atoms with Gasteiger partial charge in [-0.3, -0.25) is 4.68 Å². The second kappa shape index (κ2) is 7.31. The van der Waals surface area contributed by atoms with Gasteiger partial charge in [0, 0.05) is 24.5 Å². The number of nitrogens with zero attached hydrogens (tertiary/aromatic N) is 2. The van der Waals surface area contributed by atoms with Crippen LogP contribution in [0.1, 0.15) is 35.0 Å². The summed E-state index contributed by atoms with van der Waals surface area (Å²) in [5.41, 5.74) is 6.55. The summed E-state index contributed by atoms with van der Waals surface area (Å²) in [6.45, 7) is 11.7. The lowest BCUT2D eigenvalue weighted by atomic mass is 10.1. The molecule has 0 bridgehead atoms. The van der Waals surface area contributed by atoms with Crippen molar-refractivity contribution >= 4 is 11.7 Å². The number of aryl methyl sites for hydroxylation is 4. The molecule has 1 aromatic heterocycles. The lowest BCUT2D eigenvalue weighted by Crippen LogP contribution is -2.30. The van der Waals surface area contributed by atoms with E-state index in [2.05, 4.69) is 35.6 Å². The van der Waals surface area contributed by atoms with Gasteiger partial charge in [-0.1, -0.05) is 17.7 Å². The SMILES string of the molecule is CCn1nc(C)c(CCNC(=O)Nc2ccc(C)cc2C)c1C. The van der Waals surface area contributed by atoms with E-state index < -0.39 is 0 Å². The second-order valence-corrected chi connectivity index (χ2v) is 5.91. The van der Waals surface area contributed by atoms with E-state index in [4.69, 9.17) is 0 Å². The van der Waals surface area contributed by atoms with Crippen molar-refractivity contribution in [3.63, 3.8) is 0 Å². The third kappa shape index (κ3) is 4.12. The fraction of sp³-hybridized carbons (Fsp3) is 0.444. The van der Waals surface area contributed by atoms with Gasteiger partial charge in [0.15, 0.2) is 0 Å². The molecule has 0 aliphatic rings. The van der Waals surface area contributed by atoms with Crippen molar-refractivity contribution in [3.05, 3.63) is 46.3 Å². The molecule has 1 aromatic carbocycles.